The Hall–Kier alpha value is -3.85. The van der Waals surface area contributed by atoms with Crippen LogP contribution in [0.4, 0.5) is 10.5 Å². The van der Waals surface area contributed by atoms with Gasteiger partial charge in [0.05, 0.1) is 24.4 Å². The van der Waals surface area contributed by atoms with Crippen LogP contribution in [0.3, 0.4) is 0 Å². The molecule has 1 N–H and O–H groups in total. The average Bonchev–Trinajstić information content (AvgIpc) is 2.75. The summed E-state index contributed by atoms with van der Waals surface area (Å²) in [7, 11) is 1.37. The fraction of sp³-hybridized carbons (Fsp3) is 0.250. The number of barbiturate groups is 1. The highest BCUT2D eigenvalue weighted by molar-refractivity contribution is 6.39. The number of carbonyl (C=O) groups is 4. The summed E-state index contributed by atoms with van der Waals surface area (Å²) in [6, 6.07) is 7.33. The lowest BCUT2D eigenvalue weighted by molar-refractivity contribution is -0.145. The molecule has 1 aliphatic rings. The van der Waals surface area contributed by atoms with Crippen molar-refractivity contribution in [2.24, 2.45) is 0 Å². The number of nitrogens with one attached hydrogen (secondary N) is 1. The molecule has 0 atom stereocenters. The largest absolute Gasteiger partial charge is 0.493 e. The molecule has 9 nitrogen and oxygen atoms in total. The third-order valence-electron chi connectivity index (χ3n) is 4.77. The number of methoxy groups -OCH3 is 1. The molecular formula is C24H23ClN2O7. The molecule has 2 aromatic carbocycles. The molecule has 34 heavy (non-hydrogen) atoms. The SMILES string of the molecule is CCOC(=O)COc1c(Cl)cc(/C=C2\C(=O)NC(=O)N(c3cc(C)cc(C)c3)C2=O)cc1OC. The number of esters is 1. The highest BCUT2D eigenvalue weighted by atomic mass is 35.5. The summed E-state index contributed by atoms with van der Waals surface area (Å²) >= 11 is 6.31. The predicted molar refractivity (Wildman–Crippen MR) is 125 cm³/mol. The number of ether oxygens (including phenoxy) is 3. The maximum absolute atomic E-state index is 13.2. The van der Waals surface area contributed by atoms with Gasteiger partial charge in [-0.15, -0.1) is 0 Å². The number of carbonyl (C=O) groups excluding carboxylic acids is 4. The molecule has 0 aliphatic carbocycles. The van der Waals surface area contributed by atoms with Crippen molar-refractivity contribution in [1.82, 2.24) is 5.32 Å². The number of imide groups is 2. The summed E-state index contributed by atoms with van der Waals surface area (Å²) in [5.74, 6) is -1.92. The van der Waals surface area contributed by atoms with Crippen LogP contribution in [0.15, 0.2) is 35.9 Å². The van der Waals surface area contributed by atoms with Crippen LogP contribution in [-0.2, 0) is 19.1 Å². The first-order chi connectivity index (χ1) is 16.1. The lowest BCUT2D eigenvalue weighted by atomic mass is 10.0. The van der Waals surface area contributed by atoms with Crippen LogP contribution in [0.1, 0.15) is 23.6 Å². The van der Waals surface area contributed by atoms with E-state index in [2.05, 4.69) is 5.32 Å². The molecule has 1 fully saturated rings. The number of urea groups is 1. The summed E-state index contributed by atoms with van der Waals surface area (Å²) in [6.07, 6.45) is 1.29. The van der Waals surface area contributed by atoms with Gasteiger partial charge in [0.15, 0.2) is 18.1 Å². The average molecular weight is 487 g/mol. The van der Waals surface area contributed by atoms with Gasteiger partial charge in [-0.05, 0) is 67.8 Å². The molecule has 3 rings (SSSR count). The van der Waals surface area contributed by atoms with Crippen molar-refractivity contribution in [2.75, 3.05) is 25.2 Å². The van der Waals surface area contributed by atoms with Gasteiger partial charge < -0.3 is 14.2 Å². The van der Waals surface area contributed by atoms with Crippen LogP contribution in [0.25, 0.3) is 6.08 Å². The van der Waals surface area contributed by atoms with Gasteiger partial charge in [-0.25, -0.2) is 14.5 Å². The first kappa shape index (κ1) is 24.8. The van der Waals surface area contributed by atoms with E-state index in [1.807, 2.05) is 19.9 Å². The van der Waals surface area contributed by atoms with Crippen molar-refractivity contribution < 1.29 is 33.4 Å². The van der Waals surface area contributed by atoms with Crippen LogP contribution >= 0.6 is 11.6 Å². The molecule has 0 aromatic heterocycles. The number of aryl methyl sites for hydroxylation is 2. The Morgan fingerprint density at radius 2 is 1.76 bits per heavy atom. The molecular weight excluding hydrogens is 464 g/mol. The smallest absolute Gasteiger partial charge is 0.344 e. The molecule has 1 heterocycles. The van der Waals surface area contributed by atoms with Crippen LogP contribution in [0.2, 0.25) is 5.02 Å². The Balaban J connectivity index is 1.96. The minimum Gasteiger partial charge on any atom is -0.493 e. The first-order valence-electron chi connectivity index (χ1n) is 10.3. The van der Waals surface area contributed by atoms with E-state index in [0.717, 1.165) is 16.0 Å². The van der Waals surface area contributed by atoms with Gasteiger partial charge in [0.1, 0.15) is 5.57 Å². The van der Waals surface area contributed by atoms with Crippen molar-refractivity contribution in [3.05, 3.63) is 57.6 Å². The van der Waals surface area contributed by atoms with E-state index in [1.165, 1.54) is 25.3 Å². The number of hydrogen-bond donors (Lipinski definition) is 1. The van der Waals surface area contributed by atoms with Crippen molar-refractivity contribution in [3.63, 3.8) is 0 Å². The number of hydrogen-bond acceptors (Lipinski definition) is 7. The van der Waals surface area contributed by atoms with E-state index in [0.29, 0.717) is 11.3 Å². The molecule has 0 spiro atoms. The minimum atomic E-state index is -0.839. The lowest BCUT2D eigenvalue weighted by Crippen LogP contribution is -2.54. The monoisotopic (exact) mass is 486 g/mol. The maximum atomic E-state index is 13.2. The second kappa shape index (κ2) is 10.4. The van der Waals surface area contributed by atoms with E-state index in [1.54, 1.807) is 19.1 Å². The van der Waals surface area contributed by atoms with Crippen molar-refractivity contribution >= 4 is 47.2 Å². The second-order valence-corrected chi connectivity index (χ2v) is 7.84. The third-order valence-corrected chi connectivity index (χ3v) is 5.05. The number of benzene rings is 2. The van der Waals surface area contributed by atoms with Gasteiger partial charge >= 0.3 is 12.0 Å². The molecule has 0 unspecified atom stereocenters. The summed E-state index contributed by atoms with van der Waals surface area (Å²) in [4.78, 5) is 50.6. The number of amides is 4. The van der Waals surface area contributed by atoms with Gasteiger partial charge in [-0.1, -0.05) is 17.7 Å². The van der Waals surface area contributed by atoms with Crippen LogP contribution in [0, 0.1) is 13.8 Å². The maximum Gasteiger partial charge on any atom is 0.344 e. The van der Waals surface area contributed by atoms with Crippen LogP contribution < -0.4 is 19.7 Å². The molecule has 10 heteroatoms. The third kappa shape index (κ3) is 5.37. The van der Waals surface area contributed by atoms with Gasteiger partial charge in [0, 0.05) is 0 Å². The zero-order valence-electron chi connectivity index (χ0n) is 19.1. The van der Waals surface area contributed by atoms with Gasteiger partial charge in [0.2, 0.25) is 0 Å². The predicted octanol–water partition coefficient (Wildman–Crippen LogP) is 3.57. The van der Waals surface area contributed by atoms with Gasteiger partial charge in [-0.2, -0.15) is 0 Å². The topological polar surface area (TPSA) is 111 Å². The van der Waals surface area contributed by atoms with Crippen LogP contribution in [-0.4, -0.2) is 44.1 Å². The van der Waals surface area contributed by atoms with E-state index >= 15 is 0 Å². The Kier molecular flexibility index (Phi) is 7.57. The number of halogens is 1. The standard InChI is InChI=1S/C24H23ClN2O7/c1-5-33-20(28)12-34-21-18(25)10-15(11-19(21)32-4)9-17-22(29)26-24(31)27(23(17)30)16-7-13(2)6-14(3)8-16/h6-11H,5,12H2,1-4H3,(H,26,29,31)/b17-9+. The summed E-state index contributed by atoms with van der Waals surface area (Å²) < 4.78 is 15.5. The van der Waals surface area contributed by atoms with Crippen molar-refractivity contribution in [2.45, 2.75) is 20.8 Å². The molecule has 4 amide bonds. The quantitative estimate of drug-likeness (QED) is 0.361. The van der Waals surface area contributed by atoms with Crippen molar-refractivity contribution in [1.29, 1.82) is 0 Å². The van der Waals surface area contributed by atoms with Gasteiger partial charge in [-0.3, -0.25) is 14.9 Å². The summed E-state index contributed by atoms with van der Waals surface area (Å²) in [6.45, 7) is 5.18. The zero-order valence-corrected chi connectivity index (χ0v) is 19.8. The fourth-order valence-electron chi connectivity index (χ4n) is 3.44. The van der Waals surface area contributed by atoms with E-state index in [-0.39, 0.29) is 35.3 Å². The summed E-state index contributed by atoms with van der Waals surface area (Å²) in [5, 5.41) is 2.27. The Morgan fingerprint density at radius 3 is 2.38 bits per heavy atom. The second-order valence-electron chi connectivity index (χ2n) is 7.43. The fourth-order valence-corrected chi connectivity index (χ4v) is 3.71. The number of rotatable bonds is 7. The van der Waals surface area contributed by atoms with E-state index < -0.39 is 23.8 Å². The zero-order chi connectivity index (χ0) is 25.0. The molecule has 0 radical (unpaired) electrons. The first-order valence-corrected chi connectivity index (χ1v) is 10.7. The Morgan fingerprint density at radius 1 is 1.09 bits per heavy atom. The number of anilines is 1. The Bertz CT molecular complexity index is 1190. The van der Waals surface area contributed by atoms with Gasteiger partial charge in [0.25, 0.3) is 11.8 Å². The normalized spacial score (nSPS) is 14.8. The highest BCUT2D eigenvalue weighted by Crippen LogP contribution is 2.37. The molecule has 178 valence electrons. The minimum absolute atomic E-state index is 0.0846. The van der Waals surface area contributed by atoms with E-state index in [4.69, 9.17) is 25.8 Å². The summed E-state index contributed by atoms with van der Waals surface area (Å²) in [5.41, 5.74) is 2.13. The van der Waals surface area contributed by atoms with E-state index in [9.17, 15) is 19.2 Å². The molecule has 2 aromatic rings. The highest BCUT2D eigenvalue weighted by Gasteiger charge is 2.37. The molecule has 0 saturated carbocycles. The Labute approximate surface area is 201 Å². The van der Waals surface area contributed by atoms with Crippen LogP contribution in [0.5, 0.6) is 11.5 Å². The molecule has 1 saturated heterocycles. The van der Waals surface area contributed by atoms with Crippen molar-refractivity contribution in [3.8, 4) is 11.5 Å². The number of nitrogens with zero attached hydrogens (tertiary/aromatic N) is 1. The molecule has 1 aliphatic heterocycles. The molecule has 0 bridgehead atoms. The lowest BCUT2D eigenvalue weighted by Gasteiger charge is -2.27.